The molecule has 0 fully saturated rings. The molecule has 0 aliphatic carbocycles. The highest BCUT2D eigenvalue weighted by Gasteiger charge is 2.11. The molecule has 5 heteroatoms. The molecule has 2 aromatic carbocycles. The Morgan fingerprint density at radius 3 is 2.65 bits per heavy atom. The van der Waals surface area contributed by atoms with Gasteiger partial charge in [-0.3, -0.25) is 0 Å². The van der Waals surface area contributed by atoms with Gasteiger partial charge in [-0.1, -0.05) is 18.2 Å². The van der Waals surface area contributed by atoms with Crippen LogP contribution < -0.4 is 5.32 Å². The number of rotatable bonds is 4. The maximum absolute atomic E-state index is 13.5. The Labute approximate surface area is 114 Å². The molecule has 0 amide bonds. The Kier molecular flexibility index (Phi) is 3.33. The fourth-order valence-corrected chi connectivity index (χ4v) is 2.07. The fraction of sp³-hybridized carbons (Fsp3) is 0.133. The monoisotopic (exact) mass is 273 g/mol. The van der Waals surface area contributed by atoms with Crippen LogP contribution >= 0.6 is 0 Å². The number of hydrogen-bond acceptors (Lipinski definition) is 2. The highest BCUT2D eigenvalue weighted by molar-refractivity contribution is 5.75. The van der Waals surface area contributed by atoms with Gasteiger partial charge in [-0.25, -0.2) is 13.8 Å². The number of fused-ring (bicyclic) bond motifs is 1. The van der Waals surface area contributed by atoms with E-state index in [0.717, 1.165) is 11.8 Å². The van der Waals surface area contributed by atoms with E-state index in [2.05, 4.69) is 15.3 Å². The number of aromatic nitrogens is 2. The summed E-state index contributed by atoms with van der Waals surface area (Å²) >= 11 is 0. The SMILES string of the molecule is Fc1ccc2[nH]c(CCNc3ccccc3)nc2c1F. The molecule has 3 aromatic rings. The van der Waals surface area contributed by atoms with E-state index in [1.807, 2.05) is 30.3 Å². The van der Waals surface area contributed by atoms with Crippen LogP contribution in [-0.2, 0) is 6.42 Å². The van der Waals surface area contributed by atoms with Gasteiger partial charge in [-0.2, -0.15) is 0 Å². The predicted molar refractivity (Wildman–Crippen MR) is 74.6 cm³/mol. The van der Waals surface area contributed by atoms with E-state index in [0.29, 0.717) is 24.3 Å². The van der Waals surface area contributed by atoms with Gasteiger partial charge in [0.2, 0.25) is 0 Å². The molecule has 0 radical (unpaired) electrons. The van der Waals surface area contributed by atoms with Crippen molar-refractivity contribution in [2.75, 3.05) is 11.9 Å². The van der Waals surface area contributed by atoms with Crippen LogP contribution in [0, 0.1) is 11.6 Å². The van der Waals surface area contributed by atoms with E-state index in [4.69, 9.17) is 0 Å². The van der Waals surface area contributed by atoms with E-state index in [1.54, 1.807) is 0 Å². The standard InChI is InChI=1S/C15H13F2N3/c16-11-6-7-12-15(14(11)17)20-13(19-12)8-9-18-10-4-2-1-3-5-10/h1-7,18H,8-9H2,(H,19,20). The molecule has 3 rings (SSSR count). The molecule has 0 bridgehead atoms. The fourth-order valence-electron chi connectivity index (χ4n) is 2.07. The van der Waals surface area contributed by atoms with Gasteiger partial charge < -0.3 is 10.3 Å². The molecule has 0 spiro atoms. The first kappa shape index (κ1) is 12.6. The van der Waals surface area contributed by atoms with Gasteiger partial charge in [0.15, 0.2) is 11.6 Å². The Hall–Kier alpha value is -2.43. The lowest BCUT2D eigenvalue weighted by molar-refractivity contribution is 0.515. The maximum Gasteiger partial charge on any atom is 0.186 e. The van der Waals surface area contributed by atoms with Crippen molar-refractivity contribution in [3.05, 3.63) is 59.9 Å². The second-order valence-electron chi connectivity index (χ2n) is 4.48. The van der Waals surface area contributed by atoms with Crippen molar-refractivity contribution in [2.24, 2.45) is 0 Å². The minimum absolute atomic E-state index is 0.0553. The largest absolute Gasteiger partial charge is 0.385 e. The topological polar surface area (TPSA) is 40.7 Å². The van der Waals surface area contributed by atoms with Crippen LogP contribution in [0.2, 0.25) is 0 Å². The summed E-state index contributed by atoms with van der Waals surface area (Å²) in [7, 11) is 0. The van der Waals surface area contributed by atoms with Crippen molar-refractivity contribution in [2.45, 2.75) is 6.42 Å². The molecule has 1 aromatic heterocycles. The van der Waals surface area contributed by atoms with Crippen LogP contribution in [0.4, 0.5) is 14.5 Å². The lowest BCUT2D eigenvalue weighted by atomic mass is 10.3. The van der Waals surface area contributed by atoms with Crippen LogP contribution in [-0.4, -0.2) is 16.5 Å². The van der Waals surface area contributed by atoms with E-state index >= 15 is 0 Å². The molecule has 0 aliphatic rings. The molecular formula is C15H13F2N3. The molecule has 1 heterocycles. The summed E-state index contributed by atoms with van der Waals surface area (Å²) in [4.78, 5) is 7.09. The van der Waals surface area contributed by atoms with Crippen LogP contribution in [0.25, 0.3) is 11.0 Å². The number of nitrogens with zero attached hydrogens (tertiary/aromatic N) is 1. The summed E-state index contributed by atoms with van der Waals surface area (Å²) in [5, 5.41) is 3.24. The number of anilines is 1. The van der Waals surface area contributed by atoms with E-state index in [-0.39, 0.29) is 5.52 Å². The van der Waals surface area contributed by atoms with Crippen LogP contribution in [0.15, 0.2) is 42.5 Å². The summed E-state index contributed by atoms with van der Waals surface area (Å²) in [5.74, 6) is -1.15. The Balaban J connectivity index is 1.71. The highest BCUT2D eigenvalue weighted by atomic mass is 19.2. The first-order chi connectivity index (χ1) is 9.74. The van der Waals surface area contributed by atoms with Crippen LogP contribution in [0.3, 0.4) is 0 Å². The van der Waals surface area contributed by atoms with Gasteiger partial charge in [-0.15, -0.1) is 0 Å². The Bertz CT molecular complexity index is 723. The molecule has 0 aliphatic heterocycles. The maximum atomic E-state index is 13.5. The molecule has 0 saturated heterocycles. The molecular weight excluding hydrogens is 260 g/mol. The van der Waals surface area contributed by atoms with Gasteiger partial charge in [0.05, 0.1) is 5.52 Å². The van der Waals surface area contributed by atoms with Gasteiger partial charge in [-0.05, 0) is 24.3 Å². The molecule has 20 heavy (non-hydrogen) atoms. The number of benzene rings is 2. The van der Waals surface area contributed by atoms with Crippen molar-refractivity contribution < 1.29 is 8.78 Å². The van der Waals surface area contributed by atoms with Crippen molar-refractivity contribution in [1.82, 2.24) is 9.97 Å². The first-order valence-electron chi connectivity index (χ1n) is 6.35. The average molecular weight is 273 g/mol. The molecule has 102 valence electrons. The number of halogens is 2. The Morgan fingerprint density at radius 1 is 1.05 bits per heavy atom. The van der Waals surface area contributed by atoms with Crippen molar-refractivity contribution in [3.63, 3.8) is 0 Å². The van der Waals surface area contributed by atoms with Gasteiger partial charge in [0.1, 0.15) is 11.3 Å². The number of hydrogen-bond donors (Lipinski definition) is 2. The van der Waals surface area contributed by atoms with Crippen molar-refractivity contribution in [3.8, 4) is 0 Å². The molecule has 0 unspecified atom stereocenters. The second kappa shape index (κ2) is 5.28. The van der Waals surface area contributed by atoms with Gasteiger partial charge >= 0.3 is 0 Å². The van der Waals surface area contributed by atoms with Crippen molar-refractivity contribution >= 4 is 16.7 Å². The number of imidazole rings is 1. The van der Waals surface area contributed by atoms with E-state index < -0.39 is 11.6 Å². The summed E-state index contributed by atoms with van der Waals surface area (Å²) in [6.45, 7) is 0.661. The van der Waals surface area contributed by atoms with E-state index in [1.165, 1.54) is 6.07 Å². The zero-order valence-electron chi connectivity index (χ0n) is 10.7. The van der Waals surface area contributed by atoms with Crippen molar-refractivity contribution in [1.29, 1.82) is 0 Å². The highest BCUT2D eigenvalue weighted by Crippen LogP contribution is 2.18. The number of H-pyrrole nitrogens is 1. The minimum Gasteiger partial charge on any atom is -0.385 e. The van der Waals surface area contributed by atoms with Gasteiger partial charge in [0, 0.05) is 18.7 Å². The number of nitrogens with one attached hydrogen (secondary N) is 2. The Morgan fingerprint density at radius 2 is 1.85 bits per heavy atom. The number of aromatic amines is 1. The smallest absolute Gasteiger partial charge is 0.186 e. The zero-order valence-corrected chi connectivity index (χ0v) is 10.7. The summed E-state index contributed by atoms with van der Waals surface area (Å²) < 4.78 is 26.6. The van der Waals surface area contributed by atoms with E-state index in [9.17, 15) is 8.78 Å². The average Bonchev–Trinajstić information content (AvgIpc) is 2.88. The molecule has 0 atom stereocenters. The second-order valence-corrected chi connectivity index (χ2v) is 4.48. The van der Waals surface area contributed by atoms with Crippen LogP contribution in [0.1, 0.15) is 5.82 Å². The van der Waals surface area contributed by atoms with Crippen LogP contribution in [0.5, 0.6) is 0 Å². The lowest BCUT2D eigenvalue weighted by Gasteiger charge is -2.03. The summed E-state index contributed by atoms with van der Waals surface area (Å²) in [6, 6.07) is 12.4. The lowest BCUT2D eigenvalue weighted by Crippen LogP contribution is -2.05. The van der Waals surface area contributed by atoms with Gasteiger partial charge in [0.25, 0.3) is 0 Å². The quantitative estimate of drug-likeness (QED) is 0.764. The molecule has 0 saturated carbocycles. The minimum atomic E-state index is -0.902. The summed E-state index contributed by atoms with van der Waals surface area (Å²) in [6.07, 6.45) is 0.602. The zero-order chi connectivity index (χ0) is 13.9. The molecule has 2 N–H and O–H groups in total. The predicted octanol–water partition coefficient (Wildman–Crippen LogP) is 3.50. The third-order valence-electron chi connectivity index (χ3n) is 3.06. The third kappa shape index (κ3) is 2.47. The normalized spacial score (nSPS) is 10.9. The first-order valence-corrected chi connectivity index (χ1v) is 6.35. The molecule has 3 nitrogen and oxygen atoms in total. The summed E-state index contributed by atoms with van der Waals surface area (Å²) in [5.41, 5.74) is 1.58. The number of para-hydroxylation sites is 1. The third-order valence-corrected chi connectivity index (χ3v) is 3.06.